The van der Waals surface area contributed by atoms with Crippen molar-refractivity contribution in [3.8, 4) is 0 Å². The minimum Gasteiger partial charge on any atom is -0.369 e. The molecule has 0 aliphatic heterocycles. The van der Waals surface area contributed by atoms with Crippen LogP contribution >= 0.6 is 0 Å². The molecule has 0 fully saturated rings. The number of carbonyl (C=O) groups is 2. The third kappa shape index (κ3) is 5.33. The summed E-state index contributed by atoms with van der Waals surface area (Å²) in [5.41, 5.74) is 0.180. The van der Waals surface area contributed by atoms with E-state index < -0.39 is 5.91 Å². The van der Waals surface area contributed by atoms with Gasteiger partial charge in [-0.25, -0.2) is 0 Å². The number of aromatic nitrogens is 2. The summed E-state index contributed by atoms with van der Waals surface area (Å²) >= 11 is 0. The van der Waals surface area contributed by atoms with Gasteiger partial charge in [-0.3, -0.25) is 9.59 Å². The molecule has 3 N–H and O–H groups in total. The van der Waals surface area contributed by atoms with Gasteiger partial charge >= 0.3 is 0 Å². The van der Waals surface area contributed by atoms with Crippen LogP contribution in [-0.2, 0) is 4.79 Å². The SMILES string of the molecule is CCNc1ccc(C(=O)NCC(=O)NC(C)C)nn1. The summed E-state index contributed by atoms with van der Waals surface area (Å²) in [6.07, 6.45) is 0. The molecule has 7 nitrogen and oxygen atoms in total. The Kier molecular flexibility index (Phi) is 5.72. The van der Waals surface area contributed by atoms with Gasteiger partial charge in [0.2, 0.25) is 5.91 Å². The number of amides is 2. The standard InChI is InChI=1S/C12H19N5O2/c1-4-13-10-6-5-9(16-17-10)12(19)14-7-11(18)15-8(2)3/h5-6,8H,4,7H2,1-3H3,(H,13,17)(H,14,19)(H,15,18). The van der Waals surface area contributed by atoms with Crippen molar-refractivity contribution in [1.82, 2.24) is 20.8 Å². The molecule has 1 heterocycles. The van der Waals surface area contributed by atoms with Crippen LogP contribution in [0.25, 0.3) is 0 Å². The van der Waals surface area contributed by atoms with Crippen molar-refractivity contribution in [2.45, 2.75) is 26.8 Å². The Bertz CT molecular complexity index is 430. The number of carbonyl (C=O) groups excluding carboxylic acids is 2. The lowest BCUT2D eigenvalue weighted by atomic mass is 10.3. The average molecular weight is 265 g/mol. The lowest BCUT2D eigenvalue weighted by Gasteiger charge is -2.09. The van der Waals surface area contributed by atoms with Crippen LogP contribution < -0.4 is 16.0 Å². The van der Waals surface area contributed by atoms with Gasteiger partial charge in [-0.2, -0.15) is 0 Å². The minimum atomic E-state index is -0.422. The molecule has 0 spiro atoms. The number of hydrogen-bond donors (Lipinski definition) is 3. The quantitative estimate of drug-likeness (QED) is 0.681. The molecule has 1 aromatic heterocycles. The zero-order valence-electron chi connectivity index (χ0n) is 11.4. The zero-order chi connectivity index (χ0) is 14.3. The maximum Gasteiger partial charge on any atom is 0.272 e. The second-order valence-electron chi connectivity index (χ2n) is 4.24. The molecule has 104 valence electrons. The number of nitrogens with one attached hydrogen (secondary N) is 3. The predicted octanol–water partition coefficient (Wildman–Crippen LogP) is 0.163. The van der Waals surface area contributed by atoms with Crippen molar-refractivity contribution in [2.75, 3.05) is 18.4 Å². The van der Waals surface area contributed by atoms with Crippen LogP contribution in [0.5, 0.6) is 0 Å². The van der Waals surface area contributed by atoms with Crippen LogP contribution in [0.1, 0.15) is 31.3 Å². The van der Waals surface area contributed by atoms with Crippen molar-refractivity contribution < 1.29 is 9.59 Å². The van der Waals surface area contributed by atoms with Gasteiger partial charge in [0.15, 0.2) is 5.69 Å². The number of nitrogens with zero attached hydrogens (tertiary/aromatic N) is 2. The second kappa shape index (κ2) is 7.30. The maximum absolute atomic E-state index is 11.7. The van der Waals surface area contributed by atoms with E-state index in [4.69, 9.17) is 0 Å². The lowest BCUT2D eigenvalue weighted by molar-refractivity contribution is -0.120. The molecular weight excluding hydrogens is 246 g/mol. The molecular formula is C12H19N5O2. The monoisotopic (exact) mass is 265 g/mol. The van der Waals surface area contributed by atoms with E-state index in [1.54, 1.807) is 12.1 Å². The van der Waals surface area contributed by atoms with Crippen LogP contribution in [0.4, 0.5) is 5.82 Å². The van der Waals surface area contributed by atoms with Crippen LogP contribution in [0.3, 0.4) is 0 Å². The number of hydrogen-bond acceptors (Lipinski definition) is 5. The van der Waals surface area contributed by atoms with Gasteiger partial charge in [0.1, 0.15) is 5.82 Å². The van der Waals surface area contributed by atoms with Crippen molar-refractivity contribution in [3.05, 3.63) is 17.8 Å². The third-order valence-corrected chi connectivity index (χ3v) is 2.11. The highest BCUT2D eigenvalue weighted by molar-refractivity contribution is 5.94. The molecule has 7 heteroatoms. The summed E-state index contributed by atoms with van der Waals surface area (Å²) in [6, 6.07) is 3.27. The molecule has 0 unspecified atom stereocenters. The average Bonchev–Trinajstić information content (AvgIpc) is 2.36. The summed E-state index contributed by atoms with van der Waals surface area (Å²) in [6.45, 7) is 6.30. The summed E-state index contributed by atoms with van der Waals surface area (Å²) < 4.78 is 0. The fraction of sp³-hybridized carbons (Fsp3) is 0.500. The Morgan fingerprint density at radius 2 is 2.00 bits per heavy atom. The Hall–Kier alpha value is -2.18. The molecule has 0 aliphatic carbocycles. The summed E-state index contributed by atoms with van der Waals surface area (Å²) in [4.78, 5) is 23.0. The first-order chi connectivity index (χ1) is 9.02. The maximum atomic E-state index is 11.7. The van der Waals surface area contributed by atoms with Gasteiger partial charge in [0.05, 0.1) is 6.54 Å². The number of rotatable bonds is 6. The van der Waals surface area contributed by atoms with Crippen LogP contribution in [0.15, 0.2) is 12.1 Å². The van der Waals surface area contributed by atoms with Gasteiger partial charge in [-0.15, -0.1) is 10.2 Å². The highest BCUT2D eigenvalue weighted by atomic mass is 16.2. The molecule has 0 radical (unpaired) electrons. The molecule has 0 aliphatic rings. The normalized spacial score (nSPS) is 10.1. The van der Waals surface area contributed by atoms with Gasteiger partial charge in [0.25, 0.3) is 5.91 Å². The molecule has 0 saturated carbocycles. The Morgan fingerprint density at radius 3 is 2.53 bits per heavy atom. The van der Waals surface area contributed by atoms with Gasteiger partial charge in [-0.05, 0) is 32.9 Å². The third-order valence-electron chi connectivity index (χ3n) is 2.11. The first-order valence-electron chi connectivity index (χ1n) is 6.18. The van der Waals surface area contributed by atoms with Gasteiger partial charge in [0, 0.05) is 12.6 Å². The molecule has 1 rings (SSSR count). The predicted molar refractivity (Wildman–Crippen MR) is 71.8 cm³/mol. The van der Waals surface area contributed by atoms with E-state index in [2.05, 4.69) is 26.1 Å². The Morgan fingerprint density at radius 1 is 1.26 bits per heavy atom. The van der Waals surface area contributed by atoms with Gasteiger partial charge in [-0.1, -0.05) is 0 Å². The van der Waals surface area contributed by atoms with E-state index in [1.807, 2.05) is 20.8 Å². The Balaban J connectivity index is 2.47. The summed E-state index contributed by atoms with van der Waals surface area (Å²) in [5.74, 6) is -0.0494. The Labute approximate surface area is 112 Å². The molecule has 2 amide bonds. The van der Waals surface area contributed by atoms with E-state index in [9.17, 15) is 9.59 Å². The van der Waals surface area contributed by atoms with Crippen molar-refractivity contribution in [1.29, 1.82) is 0 Å². The van der Waals surface area contributed by atoms with E-state index in [-0.39, 0.29) is 24.2 Å². The first-order valence-corrected chi connectivity index (χ1v) is 6.18. The fourth-order valence-electron chi connectivity index (χ4n) is 1.35. The van der Waals surface area contributed by atoms with E-state index in [0.29, 0.717) is 5.82 Å². The van der Waals surface area contributed by atoms with Crippen LogP contribution in [-0.4, -0.2) is 41.1 Å². The molecule has 1 aromatic rings. The summed E-state index contributed by atoms with van der Waals surface area (Å²) in [5, 5.41) is 15.8. The molecule has 19 heavy (non-hydrogen) atoms. The number of anilines is 1. The fourth-order valence-corrected chi connectivity index (χ4v) is 1.35. The van der Waals surface area contributed by atoms with E-state index in [1.165, 1.54) is 0 Å². The van der Waals surface area contributed by atoms with E-state index >= 15 is 0 Å². The molecule has 0 saturated heterocycles. The molecule has 0 aromatic carbocycles. The molecule has 0 atom stereocenters. The highest BCUT2D eigenvalue weighted by Crippen LogP contribution is 2.01. The largest absolute Gasteiger partial charge is 0.369 e. The second-order valence-corrected chi connectivity index (χ2v) is 4.24. The summed E-state index contributed by atoms with van der Waals surface area (Å²) in [7, 11) is 0. The van der Waals surface area contributed by atoms with Crippen molar-refractivity contribution in [2.24, 2.45) is 0 Å². The molecule has 0 bridgehead atoms. The highest BCUT2D eigenvalue weighted by Gasteiger charge is 2.10. The van der Waals surface area contributed by atoms with Gasteiger partial charge < -0.3 is 16.0 Å². The topological polar surface area (TPSA) is 96.0 Å². The van der Waals surface area contributed by atoms with E-state index in [0.717, 1.165) is 6.54 Å². The smallest absolute Gasteiger partial charge is 0.272 e. The van der Waals surface area contributed by atoms with Crippen molar-refractivity contribution in [3.63, 3.8) is 0 Å². The van der Waals surface area contributed by atoms with Crippen molar-refractivity contribution >= 4 is 17.6 Å². The zero-order valence-corrected chi connectivity index (χ0v) is 11.4. The minimum absolute atomic E-state index is 0.0450. The lowest BCUT2D eigenvalue weighted by Crippen LogP contribution is -2.40. The first kappa shape index (κ1) is 14.9. The van der Waals surface area contributed by atoms with Crippen LogP contribution in [0, 0.1) is 0 Å². The van der Waals surface area contributed by atoms with Crippen LogP contribution in [0.2, 0.25) is 0 Å².